The van der Waals surface area contributed by atoms with Crippen LogP contribution in [-0.2, 0) is 6.42 Å². The van der Waals surface area contributed by atoms with Crippen molar-refractivity contribution < 1.29 is 19.0 Å². The highest BCUT2D eigenvalue weighted by Crippen LogP contribution is 2.48. The third-order valence-electron chi connectivity index (χ3n) is 5.60. The number of methoxy groups -OCH3 is 1. The molecule has 2 amide bonds. The Morgan fingerprint density at radius 3 is 2.81 bits per heavy atom. The monoisotopic (exact) mass is 361 g/mol. The van der Waals surface area contributed by atoms with Gasteiger partial charge in [-0.25, -0.2) is 4.79 Å². The van der Waals surface area contributed by atoms with Crippen LogP contribution in [0.1, 0.15) is 49.4 Å². The fraction of sp³-hybridized carbons (Fsp3) is 0.632. The molecule has 0 radical (unpaired) electrons. The number of likely N-dealkylation sites (N-methyl/N-ethyl adjacent to an activating group) is 1. The van der Waals surface area contributed by atoms with E-state index in [1.165, 1.54) is 19.3 Å². The Labute approximate surface area is 154 Å². The van der Waals surface area contributed by atoms with Gasteiger partial charge in [0.1, 0.15) is 6.17 Å². The average Bonchev–Trinajstić information content (AvgIpc) is 3.11. The highest BCUT2D eigenvalue weighted by Gasteiger charge is 2.35. The second-order valence-corrected chi connectivity index (χ2v) is 7.30. The molecule has 26 heavy (non-hydrogen) atoms. The predicted molar refractivity (Wildman–Crippen MR) is 96.7 cm³/mol. The quantitative estimate of drug-likeness (QED) is 0.866. The van der Waals surface area contributed by atoms with Crippen LogP contribution in [0.15, 0.2) is 6.07 Å². The number of hydrogen-bond acceptors (Lipinski definition) is 5. The van der Waals surface area contributed by atoms with E-state index in [9.17, 15) is 4.79 Å². The van der Waals surface area contributed by atoms with E-state index >= 15 is 0 Å². The molecule has 0 saturated heterocycles. The van der Waals surface area contributed by atoms with Gasteiger partial charge >= 0.3 is 6.03 Å². The van der Waals surface area contributed by atoms with E-state index in [-0.39, 0.29) is 25.0 Å². The van der Waals surface area contributed by atoms with Crippen molar-refractivity contribution in [3.8, 4) is 17.2 Å². The molecule has 2 aliphatic heterocycles. The molecule has 0 spiro atoms. The first-order valence-corrected chi connectivity index (χ1v) is 9.44. The molecule has 7 heteroatoms. The molecule has 1 atom stereocenters. The summed E-state index contributed by atoms with van der Waals surface area (Å²) in [6, 6.07) is 2.16. The average molecular weight is 361 g/mol. The molecule has 4 rings (SSSR count). The Morgan fingerprint density at radius 2 is 2.04 bits per heavy atom. The summed E-state index contributed by atoms with van der Waals surface area (Å²) in [6.07, 6.45) is 6.39. The summed E-state index contributed by atoms with van der Waals surface area (Å²) in [6.45, 7) is 1.05. The first-order chi connectivity index (χ1) is 12.7. The van der Waals surface area contributed by atoms with Crippen molar-refractivity contribution in [2.75, 3.05) is 27.5 Å². The number of fused-ring (bicyclic) bond motifs is 2. The molecule has 142 valence electrons. The molecule has 1 unspecified atom stereocenters. The summed E-state index contributed by atoms with van der Waals surface area (Å²) in [5.41, 5.74) is 2.09. The Balaban J connectivity index is 1.58. The lowest BCUT2D eigenvalue weighted by atomic mass is 9.94. The van der Waals surface area contributed by atoms with Crippen molar-refractivity contribution in [2.45, 2.75) is 50.7 Å². The minimum absolute atomic E-state index is 0.124. The van der Waals surface area contributed by atoms with Gasteiger partial charge in [-0.3, -0.25) is 4.90 Å². The number of benzene rings is 1. The van der Waals surface area contributed by atoms with Gasteiger partial charge in [0.25, 0.3) is 0 Å². The molecule has 0 bridgehead atoms. The highest BCUT2D eigenvalue weighted by molar-refractivity contribution is 5.75. The van der Waals surface area contributed by atoms with E-state index in [4.69, 9.17) is 14.2 Å². The maximum atomic E-state index is 12.6. The smallest absolute Gasteiger partial charge is 0.316 e. The van der Waals surface area contributed by atoms with Gasteiger partial charge in [-0.15, -0.1) is 0 Å². The lowest BCUT2D eigenvalue weighted by molar-refractivity contribution is 0.168. The first-order valence-electron chi connectivity index (χ1n) is 9.44. The maximum Gasteiger partial charge on any atom is 0.316 e. The van der Waals surface area contributed by atoms with Crippen molar-refractivity contribution in [3.05, 3.63) is 17.2 Å². The Bertz CT molecular complexity index is 688. The summed E-state index contributed by atoms with van der Waals surface area (Å²) >= 11 is 0. The topological polar surface area (TPSA) is 72.1 Å². The van der Waals surface area contributed by atoms with Crippen LogP contribution in [0, 0.1) is 0 Å². The summed E-state index contributed by atoms with van der Waals surface area (Å²) in [5, 5.41) is 6.27. The van der Waals surface area contributed by atoms with E-state index in [0.717, 1.165) is 42.7 Å². The number of carbonyl (C=O) groups is 1. The molecule has 2 heterocycles. The summed E-state index contributed by atoms with van der Waals surface area (Å²) in [7, 11) is 3.64. The molecule has 1 saturated carbocycles. The molecular weight excluding hydrogens is 334 g/mol. The minimum Gasteiger partial charge on any atom is -0.492 e. The Hall–Kier alpha value is -2.15. The van der Waals surface area contributed by atoms with Crippen molar-refractivity contribution in [2.24, 2.45) is 0 Å². The molecule has 1 fully saturated rings. The molecule has 3 aliphatic rings. The van der Waals surface area contributed by atoms with E-state index in [0.29, 0.717) is 11.5 Å². The van der Waals surface area contributed by atoms with Gasteiger partial charge in [0.15, 0.2) is 11.5 Å². The highest BCUT2D eigenvalue weighted by atomic mass is 16.7. The van der Waals surface area contributed by atoms with Crippen LogP contribution in [-0.4, -0.2) is 44.5 Å². The third kappa shape index (κ3) is 3.16. The van der Waals surface area contributed by atoms with Gasteiger partial charge in [0, 0.05) is 18.2 Å². The van der Waals surface area contributed by atoms with Crippen LogP contribution >= 0.6 is 0 Å². The minimum atomic E-state index is -0.258. The number of hydrogen-bond donors (Lipinski definition) is 2. The van der Waals surface area contributed by atoms with Gasteiger partial charge in [0.2, 0.25) is 12.5 Å². The number of ether oxygens (including phenoxy) is 3. The third-order valence-corrected chi connectivity index (χ3v) is 5.60. The fourth-order valence-electron chi connectivity index (χ4n) is 4.21. The molecular formula is C19H27N3O4. The number of nitrogens with zero attached hydrogens (tertiary/aromatic N) is 1. The summed E-state index contributed by atoms with van der Waals surface area (Å²) in [5.74, 6) is 2.00. The molecule has 7 nitrogen and oxygen atoms in total. The maximum absolute atomic E-state index is 12.6. The van der Waals surface area contributed by atoms with Crippen molar-refractivity contribution >= 4 is 6.03 Å². The first kappa shape index (κ1) is 17.3. The second-order valence-electron chi connectivity index (χ2n) is 7.30. The number of rotatable bonds is 3. The van der Waals surface area contributed by atoms with E-state index < -0.39 is 0 Å². The largest absolute Gasteiger partial charge is 0.492 e. The lowest BCUT2D eigenvalue weighted by Gasteiger charge is -2.36. The number of nitrogens with one attached hydrogen (secondary N) is 2. The predicted octanol–water partition coefficient (Wildman–Crippen LogP) is 2.54. The van der Waals surface area contributed by atoms with Crippen LogP contribution in [0.25, 0.3) is 0 Å². The van der Waals surface area contributed by atoms with Crippen LogP contribution in [0.5, 0.6) is 17.2 Å². The summed E-state index contributed by atoms with van der Waals surface area (Å²) < 4.78 is 16.8. The van der Waals surface area contributed by atoms with E-state index in [2.05, 4.69) is 15.5 Å². The molecule has 1 aromatic carbocycles. The van der Waals surface area contributed by atoms with Gasteiger partial charge in [-0.2, -0.15) is 0 Å². The van der Waals surface area contributed by atoms with Crippen LogP contribution in [0.4, 0.5) is 4.79 Å². The fourth-order valence-corrected chi connectivity index (χ4v) is 4.21. The molecule has 0 aromatic heterocycles. The normalized spacial score (nSPS) is 22.6. The van der Waals surface area contributed by atoms with Gasteiger partial charge in [0.05, 0.1) is 7.11 Å². The summed E-state index contributed by atoms with van der Waals surface area (Å²) in [4.78, 5) is 14.8. The second kappa shape index (κ2) is 7.23. The number of urea groups is 1. The van der Waals surface area contributed by atoms with Crippen molar-refractivity contribution in [1.82, 2.24) is 15.5 Å². The van der Waals surface area contributed by atoms with Crippen LogP contribution < -0.4 is 24.8 Å². The van der Waals surface area contributed by atoms with Crippen LogP contribution in [0.3, 0.4) is 0 Å². The van der Waals surface area contributed by atoms with E-state index in [1.807, 2.05) is 13.1 Å². The van der Waals surface area contributed by atoms with E-state index in [1.54, 1.807) is 7.11 Å². The van der Waals surface area contributed by atoms with Gasteiger partial charge < -0.3 is 24.8 Å². The standard InChI is InChI=1S/C19H27N3O4/c1-22-9-8-12-10-14-16(26-11-25-14)17(24-2)15(12)18(22)21-19(23)20-13-6-4-3-5-7-13/h10,13,18H,3-9,11H2,1-2H3,(H2,20,21,23). The molecule has 1 aromatic rings. The zero-order valence-electron chi connectivity index (χ0n) is 15.5. The van der Waals surface area contributed by atoms with Crippen molar-refractivity contribution in [1.29, 1.82) is 0 Å². The van der Waals surface area contributed by atoms with Gasteiger partial charge in [-0.05, 0) is 37.9 Å². The number of amides is 2. The molecule has 2 N–H and O–H groups in total. The lowest BCUT2D eigenvalue weighted by Crippen LogP contribution is -2.49. The number of carbonyl (C=O) groups excluding carboxylic acids is 1. The molecule has 1 aliphatic carbocycles. The SMILES string of the molecule is COc1c2c(cc3c1C(NC(=O)NC1CCCCC1)N(C)CC3)OCO2. The zero-order chi connectivity index (χ0) is 18.1. The Kier molecular flexibility index (Phi) is 4.80. The zero-order valence-corrected chi connectivity index (χ0v) is 15.5. The van der Waals surface area contributed by atoms with Crippen molar-refractivity contribution in [3.63, 3.8) is 0 Å². The van der Waals surface area contributed by atoms with Gasteiger partial charge in [-0.1, -0.05) is 19.3 Å². The van der Waals surface area contributed by atoms with Crippen LogP contribution in [0.2, 0.25) is 0 Å². The Morgan fingerprint density at radius 1 is 1.23 bits per heavy atom.